The van der Waals surface area contributed by atoms with Crippen molar-refractivity contribution < 1.29 is 9.90 Å². The molecule has 0 unspecified atom stereocenters. The predicted molar refractivity (Wildman–Crippen MR) is 94.6 cm³/mol. The molecular weight excluding hydrogens is 302 g/mol. The van der Waals surface area contributed by atoms with Gasteiger partial charge < -0.3 is 10.0 Å². The second-order valence-corrected chi connectivity index (χ2v) is 7.11. The van der Waals surface area contributed by atoms with E-state index in [9.17, 15) is 9.90 Å². The number of carbonyl (C=O) groups is 1. The van der Waals surface area contributed by atoms with Gasteiger partial charge in [-0.05, 0) is 18.4 Å². The molecule has 1 atom stereocenters. The summed E-state index contributed by atoms with van der Waals surface area (Å²) in [5, 5.41) is 10.4. The van der Waals surface area contributed by atoms with Gasteiger partial charge in [-0.25, -0.2) is 0 Å². The highest BCUT2D eigenvalue weighted by Crippen LogP contribution is 2.19. The maximum atomic E-state index is 11.5. The monoisotopic (exact) mass is 331 g/mol. The Balaban J connectivity index is 1.54. The number of aliphatic hydroxyl groups excluding tert-OH is 1. The highest BCUT2D eigenvalue weighted by Gasteiger charge is 2.29. The number of hydrogen-bond donors (Lipinski definition) is 1. The summed E-state index contributed by atoms with van der Waals surface area (Å²) in [7, 11) is 0. The number of amides is 1. The molecule has 2 saturated heterocycles. The second-order valence-electron chi connectivity index (χ2n) is 7.11. The molecule has 0 aromatic heterocycles. The van der Waals surface area contributed by atoms with E-state index in [0.29, 0.717) is 6.04 Å². The molecule has 2 aliphatic rings. The highest BCUT2D eigenvalue weighted by atomic mass is 16.3. The lowest BCUT2D eigenvalue weighted by Gasteiger charge is -2.38. The van der Waals surface area contributed by atoms with Crippen LogP contribution >= 0.6 is 0 Å². The van der Waals surface area contributed by atoms with Crippen molar-refractivity contribution in [1.82, 2.24) is 14.7 Å². The highest BCUT2D eigenvalue weighted by molar-refractivity contribution is 5.73. The molecule has 0 bridgehead atoms. The van der Waals surface area contributed by atoms with E-state index in [0.717, 1.165) is 58.7 Å². The van der Waals surface area contributed by atoms with Crippen LogP contribution in [0.1, 0.15) is 25.3 Å². The number of aliphatic hydroxyl groups is 1. The van der Waals surface area contributed by atoms with Crippen LogP contribution in [-0.4, -0.2) is 77.1 Å². The fourth-order valence-electron chi connectivity index (χ4n) is 3.94. The van der Waals surface area contributed by atoms with E-state index in [1.165, 1.54) is 5.56 Å². The minimum atomic E-state index is -0.304. The topological polar surface area (TPSA) is 47.0 Å². The molecule has 3 rings (SSSR count). The van der Waals surface area contributed by atoms with Gasteiger partial charge in [-0.1, -0.05) is 30.3 Å². The summed E-state index contributed by atoms with van der Waals surface area (Å²) in [6.07, 6.45) is 1.73. The van der Waals surface area contributed by atoms with E-state index < -0.39 is 0 Å². The van der Waals surface area contributed by atoms with E-state index in [4.69, 9.17) is 0 Å². The normalized spacial score (nSPS) is 24.8. The zero-order chi connectivity index (χ0) is 16.9. The molecule has 2 fully saturated rings. The van der Waals surface area contributed by atoms with Gasteiger partial charge in [0.25, 0.3) is 0 Å². The molecule has 1 aromatic carbocycles. The molecule has 132 valence electrons. The Bertz CT molecular complexity index is 529. The second kappa shape index (κ2) is 8.10. The van der Waals surface area contributed by atoms with Crippen LogP contribution in [0.25, 0.3) is 0 Å². The van der Waals surface area contributed by atoms with Crippen molar-refractivity contribution in [2.45, 2.75) is 38.5 Å². The third-order valence-electron chi connectivity index (χ3n) is 5.29. The molecule has 2 aliphatic heterocycles. The minimum Gasteiger partial charge on any atom is -0.390 e. The largest absolute Gasteiger partial charge is 0.390 e. The van der Waals surface area contributed by atoms with Crippen molar-refractivity contribution in [1.29, 1.82) is 0 Å². The molecule has 5 nitrogen and oxygen atoms in total. The van der Waals surface area contributed by atoms with Crippen molar-refractivity contribution in [3.63, 3.8) is 0 Å². The zero-order valence-corrected chi connectivity index (χ0v) is 14.6. The summed E-state index contributed by atoms with van der Waals surface area (Å²) in [6.45, 7) is 7.70. The van der Waals surface area contributed by atoms with Crippen LogP contribution in [0.3, 0.4) is 0 Å². The van der Waals surface area contributed by atoms with Gasteiger partial charge in [0.1, 0.15) is 0 Å². The molecule has 0 saturated carbocycles. The summed E-state index contributed by atoms with van der Waals surface area (Å²) in [5.74, 6) is 0.179. The third kappa shape index (κ3) is 4.56. The standard InChI is InChI=1S/C19H29N3O2/c1-16(23)21-9-7-18(8-10-21)22-12-11-20(14-19(24)15-22)13-17-5-3-2-4-6-17/h2-6,18-19,24H,7-15H2,1H3/t19-/m0/s1. The summed E-state index contributed by atoms with van der Waals surface area (Å²) in [6, 6.07) is 11.0. The molecule has 5 heteroatoms. The SMILES string of the molecule is CC(=O)N1CCC(N2CCN(Cc3ccccc3)C[C@H](O)C2)CC1. The summed E-state index contributed by atoms with van der Waals surface area (Å²) in [5.41, 5.74) is 1.30. The molecule has 0 radical (unpaired) electrons. The number of β-amino-alcohol motifs (C(OH)–C–C–N with tert-alkyl or cyclic N) is 1. The first-order chi connectivity index (χ1) is 11.6. The number of rotatable bonds is 3. The van der Waals surface area contributed by atoms with E-state index in [2.05, 4.69) is 34.1 Å². The minimum absolute atomic E-state index is 0.179. The maximum absolute atomic E-state index is 11.5. The zero-order valence-electron chi connectivity index (χ0n) is 14.6. The van der Waals surface area contributed by atoms with Gasteiger partial charge in [0.15, 0.2) is 0 Å². The summed E-state index contributed by atoms with van der Waals surface area (Å²) in [4.78, 5) is 18.2. The molecule has 0 spiro atoms. The van der Waals surface area contributed by atoms with Crippen LogP contribution in [-0.2, 0) is 11.3 Å². The van der Waals surface area contributed by atoms with Gasteiger partial charge >= 0.3 is 0 Å². The van der Waals surface area contributed by atoms with Gasteiger partial charge in [0, 0.05) is 58.8 Å². The number of nitrogens with zero attached hydrogens (tertiary/aromatic N) is 3. The lowest BCUT2D eigenvalue weighted by atomic mass is 10.0. The summed E-state index contributed by atoms with van der Waals surface area (Å²) >= 11 is 0. The molecular formula is C19H29N3O2. The lowest BCUT2D eigenvalue weighted by Crippen LogP contribution is -2.48. The average molecular weight is 331 g/mol. The van der Waals surface area contributed by atoms with Gasteiger partial charge in [0.2, 0.25) is 5.91 Å². The Morgan fingerprint density at radius 3 is 2.46 bits per heavy atom. The molecule has 2 heterocycles. The van der Waals surface area contributed by atoms with Crippen molar-refractivity contribution in [2.24, 2.45) is 0 Å². The van der Waals surface area contributed by atoms with Gasteiger partial charge in [-0.2, -0.15) is 0 Å². The van der Waals surface area contributed by atoms with Crippen LogP contribution in [0.4, 0.5) is 0 Å². The Labute approximate surface area is 144 Å². The smallest absolute Gasteiger partial charge is 0.219 e. The number of hydrogen-bond acceptors (Lipinski definition) is 4. The Morgan fingerprint density at radius 1 is 1.08 bits per heavy atom. The van der Waals surface area contributed by atoms with Crippen molar-refractivity contribution in [2.75, 3.05) is 39.3 Å². The van der Waals surface area contributed by atoms with Crippen molar-refractivity contribution in [3.8, 4) is 0 Å². The fraction of sp³-hybridized carbons (Fsp3) is 0.632. The van der Waals surface area contributed by atoms with Gasteiger partial charge in [-0.3, -0.25) is 14.6 Å². The van der Waals surface area contributed by atoms with Gasteiger partial charge in [0.05, 0.1) is 6.10 Å². The average Bonchev–Trinajstić information content (AvgIpc) is 2.77. The molecule has 0 aliphatic carbocycles. The fourth-order valence-corrected chi connectivity index (χ4v) is 3.94. The van der Waals surface area contributed by atoms with Crippen LogP contribution in [0.5, 0.6) is 0 Å². The van der Waals surface area contributed by atoms with E-state index in [1.807, 2.05) is 11.0 Å². The van der Waals surface area contributed by atoms with E-state index in [1.54, 1.807) is 6.92 Å². The number of carbonyl (C=O) groups excluding carboxylic acids is 1. The van der Waals surface area contributed by atoms with Crippen LogP contribution < -0.4 is 0 Å². The van der Waals surface area contributed by atoms with Gasteiger partial charge in [-0.15, -0.1) is 0 Å². The number of benzene rings is 1. The third-order valence-corrected chi connectivity index (χ3v) is 5.29. The number of likely N-dealkylation sites (tertiary alicyclic amines) is 1. The van der Waals surface area contributed by atoms with Crippen LogP contribution in [0, 0.1) is 0 Å². The van der Waals surface area contributed by atoms with E-state index >= 15 is 0 Å². The van der Waals surface area contributed by atoms with Crippen molar-refractivity contribution >= 4 is 5.91 Å². The number of piperidine rings is 1. The Kier molecular flexibility index (Phi) is 5.87. The lowest BCUT2D eigenvalue weighted by molar-refractivity contribution is -0.130. The molecule has 1 aromatic rings. The first-order valence-corrected chi connectivity index (χ1v) is 9.05. The Hall–Kier alpha value is -1.43. The maximum Gasteiger partial charge on any atom is 0.219 e. The first-order valence-electron chi connectivity index (χ1n) is 9.05. The first kappa shape index (κ1) is 17.4. The molecule has 1 amide bonds. The molecule has 24 heavy (non-hydrogen) atoms. The Morgan fingerprint density at radius 2 is 1.79 bits per heavy atom. The molecule has 1 N–H and O–H groups in total. The van der Waals surface area contributed by atoms with Crippen molar-refractivity contribution in [3.05, 3.63) is 35.9 Å². The quantitative estimate of drug-likeness (QED) is 0.903. The predicted octanol–water partition coefficient (Wildman–Crippen LogP) is 1.18. The summed E-state index contributed by atoms with van der Waals surface area (Å²) < 4.78 is 0. The van der Waals surface area contributed by atoms with Crippen LogP contribution in [0.2, 0.25) is 0 Å². The van der Waals surface area contributed by atoms with Crippen LogP contribution in [0.15, 0.2) is 30.3 Å². The van der Waals surface area contributed by atoms with E-state index in [-0.39, 0.29) is 12.0 Å².